The van der Waals surface area contributed by atoms with Crippen molar-refractivity contribution in [1.29, 1.82) is 0 Å². The van der Waals surface area contributed by atoms with E-state index in [1.54, 1.807) is 0 Å². The number of benzene rings is 1. The molecule has 23 heavy (non-hydrogen) atoms. The smallest absolute Gasteiger partial charge is 0.307 e. The third-order valence-electron chi connectivity index (χ3n) is 4.15. The van der Waals surface area contributed by atoms with Crippen LogP contribution in [0.4, 0.5) is 0 Å². The summed E-state index contributed by atoms with van der Waals surface area (Å²) in [5, 5.41) is 14.7. The number of nitrogens with zero attached hydrogens (tertiary/aromatic N) is 3. The second kappa shape index (κ2) is 5.50. The van der Waals surface area contributed by atoms with Crippen LogP contribution in [0.5, 0.6) is 0 Å². The first-order valence-electron chi connectivity index (χ1n) is 7.52. The zero-order valence-electron chi connectivity index (χ0n) is 13.7. The molecule has 0 saturated carbocycles. The zero-order chi connectivity index (χ0) is 16.7. The maximum atomic E-state index is 11.1. The molecule has 0 spiro atoms. The van der Waals surface area contributed by atoms with Gasteiger partial charge in [-0.1, -0.05) is 12.1 Å². The Hall–Kier alpha value is -2.69. The number of carboxylic acids is 1. The highest BCUT2D eigenvalue weighted by Crippen LogP contribution is 2.28. The van der Waals surface area contributed by atoms with Crippen LogP contribution in [0.1, 0.15) is 28.1 Å². The number of hydrogen-bond acceptors (Lipinski definition) is 3. The van der Waals surface area contributed by atoms with Crippen LogP contribution >= 0.6 is 0 Å². The number of fused-ring (bicyclic) bond motifs is 1. The van der Waals surface area contributed by atoms with Gasteiger partial charge >= 0.3 is 5.97 Å². The number of hydrogen-bond donors (Lipinski definition) is 1. The maximum absolute atomic E-state index is 11.1. The van der Waals surface area contributed by atoms with Crippen LogP contribution in [-0.2, 0) is 11.2 Å². The number of carbonyl (C=O) groups is 1. The summed E-state index contributed by atoms with van der Waals surface area (Å²) >= 11 is 0. The van der Waals surface area contributed by atoms with E-state index in [4.69, 9.17) is 5.11 Å². The van der Waals surface area contributed by atoms with Crippen LogP contribution in [0.2, 0.25) is 0 Å². The first-order valence-corrected chi connectivity index (χ1v) is 7.52. The summed E-state index contributed by atoms with van der Waals surface area (Å²) in [7, 11) is 0. The molecular formula is C18H19N3O2. The van der Waals surface area contributed by atoms with Crippen molar-refractivity contribution in [2.75, 3.05) is 0 Å². The lowest BCUT2D eigenvalue weighted by Gasteiger charge is -2.10. The molecule has 0 atom stereocenters. The van der Waals surface area contributed by atoms with E-state index in [1.165, 1.54) is 0 Å². The molecule has 0 aliphatic heterocycles. The minimum absolute atomic E-state index is 0.0182. The van der Waals surface area contributed by atoms with Crippen LogP contribution < -0.4 is 0 Å². The Labute approximate surface area is 134 Å². The normalized spacial score (nSPS) is 11.1. The van der Waals surface area contributed by atoms with Gasteiger partial charge in [0.05, 0.1) is 17.8 Å². The first kappa shape index (κ1) is 15.2. The lowest BCUT2D eigenvalue weighted by molar-refractivity contribution is -0.136. The third kappa shape index (κ3) is 2.59. The van der Waals surface area contributed by atoms with Crippen LogP contribution in [0, 0.1) is 27.7 Å². The zero-order valence-corrected chi connectivity index (χ0v) is 13.7. The molecule has 0 fully saturated rings. The Bertz CT molecular complexity index is 926. The van der Waals surface area contributed by atoms with Gasteiger partial charge in [-0.05, 0) is 56.5 Å². The average molecular weight is 309 g/mol. The summed E-state index contributed by atoms with van der Waals surface area (Å²) in [5.74, 6) is -0.846. The summed E-state index contributed by atoms with van der Waals surface area (Å²) in [5.41, 5.74) is 6.21. The number of aromatic nitrogens is 3. The molecule has 5 nitrogen and oxygen atoms in total. The van der Waals surface area contributed by atoms with Crippen molar-refractivity contribution in [2.24, 2.45) is 0 Å². The van der Waals surface area contributed by atoms with Crippen molar-refractivity contribution < 1.29 is 9.90 Å². The SMILES string of the molecule is Cc1cccc(-n2nc(C)c3c(C)c(CC(=O)O)c(C)nc32)c1. The molecule has 3 aromatic rings. The van der Waals surface area contributed by atoms with Crippen molar-refractivity contribution in [3.63, 3.8) is 0 Å². The molecule has 0 unspecified atom stereocenters. The number of carboxylic acid groups (broad SMARTS) is 1. The van der Waals surface area contributed by atoms with E-state index in [1.807, 2.05) is 50.6 Å². The molecule has 118 valence electrons. The van der Waals surface area contributed by atoms with Crippen LogP contribution in [0.25, 0.3) is 16.7 Å². The summed E-state index contributed by atoms with van der Waals surface area (Å²) in [4.78, 5) is 15.8. The quantitative estimate of drug-likeness (QED) is 0.806. The van der Waals surface area contributed by atoms with Crippen LogP contribution in [0.15, 0.2) is 24.3 Å². The van der Waals surface area contributed by atoms with Gasteiger partial charge in [0.15, 0.2) is 5.65 Å². The Balaban J connectivity index is 2.30. The topological polar surface area (TPSA) is 68.0 Å². The van der Waals surface area contributed by atoms with Crippen molar-refractivity contribution in [2.45, 2.75) is 34.1 Å². The molecule has 0 bridgehead atoms. The second-order valence-corrected chi connectivity index (χ2v) is 5.91. The van der Waals surface area contributed by atoms with Crippen molar-refractivity contribution in [3.05, 3.63) is 52.3 Å². The Morgan fingerprint density at radius 2 is 1.91 bits per heavy atom. The van der Waals surface area contributed by atoms with Gasteiger partial charge < -0.3 is 5.11 Å². The molecule has 2 aromatic heterocycles. The molecule has 0 aliphatic rings. The van der Waals surface area contributed by atoms with Gasteiger partial charge in [-0.3, -0.25) is 4.79 Å². The Kier molecular flexibility index (Phi) is 3.64. The lowest BCUT2D eigenvalue weighted by Crippen LogP contribution is -2.07. The number of rotatable bonds is 3. The van der Waals surface area contributed by atoms with Crippen molar-refractivity contribution in [3.8, 4) is 5.69 Å². The van der Waals surface area contributed by atoms with Crippen molar-refractivity contribution >= 4 is 17.0 Å². The molecule has 0 radical (unpaired) electrons. The van der Waals surface area contributed by atoms with Crippen molar-refractivity contribution in [1.82, 2.24) is 14.8 Å². The van der Waals surface area contributed by atoms with Gasteiger partial charge in [0.25, 0.3) is 0 Å². The summed E-state index contributed by atoms with van der Waals surface area (Å²) in [6, 6.07) is 8.09. The summed E-state index contributed by atoms with van der Waals surface area (Å²) < 4.78 is 1.84. The summed E-state index contributed by atoms with van der Waals surface area (Å²) in [6.07, 6.45) is -0.0182. The fraction of sp³-hybridized carbons (Fsp3) is 0.278. The molecule has 1 N–H and O–H groups in total. The minimum atomic E-state index is -0.846. The highest BCUT2D eigenvalue weighted by atomic mass is 16.4. The monoisotopic (exact) mass is 309 g/mol. The van der Waals surface area contributed by atoms with E-state index in [2.05, 4.69) is 16.1 Å². The first-order chi connectivity index (χ1) is 10.9. The second-order valence-electron chi connectivity index (χ2n) is 5.91. The van der Waals surface area contributed by atoms with Gasteiger partial charge in [-0.15, -0.1) is 0 Å². The number of aryl methyl sites for hydroxylation is 4. The van der Waals surface area contributed by atoms with E-state index in [0.29, 0.717) is 0 Å². The molecule has 1 aromatic carbocycles. The molecule has 0 amide bonds. The predicted octanol–water partition coefficient (Wildman–Crippen LogP) is 3.28. The van der Waals surface area contributed by atoms with Gasteiger partial charge in [0.2, 0.25) is 0 Å². The van der Waals surface area contributed by atoms with E-state index in [0.717, 1.165) is 44.8 Å². The number of aliphatic carboxylic acids is 1. The molecule has 5 heteroatoms. The van der Waals surface area contributed by atoms with Crippen LogP contribution in [-0.4, -0.2) is 25.8 Å². The molecular weight excluding hydrogens is 290 g/mol. The highest BCUT2D eigenvalue weighted by molar-refractivity contribution is 5.86. The fourth-order valence-corrected chi connectivity index (χ4v) is 3.06. The molecule has 2 heterocycles. The number of pyridine rings is 1. The van der Waals surface area contributed by atoms with E-state index >= 15 is 0 Å². The van der Waals surface area contributed by atoms with E-state index in [-0.39, 0.29) is 6.42 Å². The highest BCUT2D eigenvalue weighted by Gasteiger charge is 2.18. The maximum Gasteiger partial charge on any atom is 0.307 e. The lowest BCUT2D eigenvalue weighted by atomic mass is 10.0. The standard InChI is InChI=1S/C18H19N3O2/c1-10-6-5-7-14(8-10)21-18-17(13(4)20-21)11(2)15(9-16(22)23)12(3)19-18/h5-8H,9H2,1-4H3,(H,22,23). The molecule has 0 saturated heterocycles. The average Bonchev–Trinajstić information content (AvgIpc) is 2.80. The Morgan fingerprint density at radius 3 is 2.57 bits per heavy atom. The van der Waals surface area contributed by atoms with E-state index < -0.39 is 5.97 Å². The van der Waals surface area contributed by atoms with E-state index in [9.17, 15) is 4.79 Å². The largest absolute Gasteiger partial charge is 0.481 e. The minimum Gasteiger partial charge on any atom is -0.481 e. The van der Waals surface area contributed by atoms with Gasteiger partial charge in [0.1, 0.15) is 0 Å². The Morgan fingerprint density at radius 1 is 1.17 bits per heavy atom. The van der Waals surface area contributed by atoms with Crippen LogP contribution in [0.3, 0.4) is 0 Å². The summed E-state index contributed by atoms with van der Waals surface area (Å²) in [6.45, 7) is 7.78. The predicted molar refractivity (Wildman–Crippen MR) is 89.2 cm³/mol. The third-order valence-corrected chi connectivity index (χ3v) is 4.15. The fourth-order valence-electron chi connectivity index (χ4n) is 3.06. The van der Waals surface area contributed by atoms with Gasteiger partial charge in [-0.2, -0.15) is 5.10 Å². The van der Waals surface area contributed by atoms with Gasteiger partial charge in [-0.25, -0.2) is 9.67 Å². The molecule has 0 aliphatic carbocycles. The van der Waals surface area contributed by atoms with Gasteiger partial charge in [0, 0.05) is 11.1 Å². The molecule has 3 rings (SSSR count).